The van der Waals surface area contributed by atoms with E-state index in [4.69, 9.17) is 10.5 Å². The van der Waals surface area contributed by atoms with Crippen molar-refractivity contribution in [2.45, 2.75) is 12.8 Å². The van der Waals surface area contributed by atoms with Crippen molar-refractivity contribution in [2.75, 3.05) is 37.4 Å². The third-order valence-electron chi connectivity index (χ3n) is 2.93. The van der Waals surface area contributed by atoms with E-state index in [1.807, 2.05) is 18.2 Å². The SMILES string of the molecule is CN(CCOCC1CC1)c1cccc(N)c1. The highest BCUT2D eigenvalue weighted by atomic mass is 16.5. The van der Waals surface area contributed by atoms with Crippen LogP contribution in [-0.4, -0.2) is 26.8 Å². The van der Waals surface area contributed by atoms with Gasteiger partial charge in [0.25, 0.3) is 0 Å². The molecule has 0 heterocycles. The van der Waals surface area contributed by atoms with Crippen molar-refractivity contribution >= 4 is 11.4 Å². The molecule has 0 spiro atoms. The van der Waals surface area contributed by atoms with E-state index in [0.29, 0.717) is 0 Å². The van der Waals surface area contributed by atoms with Gasteiger partial charge in [0, 0.05) is 31.6 Å². The van der Waals surface area contributed by atoms with Crippen molar-refractivity contribution in [1.29, 1.82) is 0 Å². The van der Waals surface area contributed by atoms with Crippen LogP contribution in [0.5, 0.6) is 0 Å². The number of ether oxygens (including phenoxy) is 1. The Bertz CT molecular complexity index is 336. The molecule has 2 rings (SSSR count). The van der Waals surface area contributed by atoms with Gasteiger partial charge in [-0.2, -0.15) is 0 Å². The molecule has 0 saturated heterocycles. The summed E-state index contributed by atoms with van der Waals surface area (Å²) in [4.78, 5) is 2.17. The normalized spacial score (nSPS) is 15.1. The Hall–Kier alpha value is -1.22. The molecule has 2 N–H and O–H groups in total. The zero-order valence-corrected chi connectivity index (χ0v) is 9.86. The summed E-state index contributed by atoms with van der Waals surface area (Å²) in [7, 11) is 2.06. The van der Waals surface area contributed by atoms with Crippen molar-refractivity contribution in [2.24, 2.45) is 5.92 Å². The van der Waals surface area contributed by atoms with E-state index >= 15 is 0 Å². The summed E-state index contributed by atoms with van der Waals surface area (Å²) in [5.41, 5.74) is 7.70. The molecule has 0 atom stereocenters. The van der Waals surface area contributed by atoms with E-state index < -0.39 is 0 Å². The van der Waals surface area contributed by atoms with E-state index in [-0.39, 0.29) is 0 Å². The van der Waals surface area contributed by atoms with Crippen LogP contribution in [-0.2, 0) is 4.74 Å². The first-order valence-corrected chi connectivity index (χ1v) is 5.90. The molecular weight excluding hydrogens is 200 g/mol. The summed E-state index contributed by atoms with van der Waals surface area (Å²) in [6.07, 6.45) is 2.70. The number of hydrogen-bond donors (Lipinski definition) is 1. The van der Waals surface area contributed by atoms with Crippen molar-refractivity contribution in [3.63, 3.8) is 0 Å². The largest absolute Gasteiger partial charge is 0.399 e. The summed E-state index contributed by atoms with van der Waals surface area (Å²) in [6.45, 7) is 2.64. The Kier molecular flexibility index (Phi) is 3.67. The molecule has 0 unspecified atom stereocenters. The molecule has 0 radical (unpaired) electrons. The second kappa shape index (κ2) is 5.21. The lowest BCUT2D eigenvalue weighted by atomic mass is 10.2. The fraction of sp³-hybridized carbons (Fsp3) is 0.538. The molecule has 0 aliphatic heterocycles. The number of benzene rings is 1. The molecule has 1 aromatic rings. The number of nitrogens with two attached hydrogens (primary N) is 1. The maximum absolute atomic E-state index is 5.74. The van der Waals surface area contributed by atoms with E-state index in [1.165, 1.54) is 12.8 Å². The van der Waals surface area contributed by atoms with Crippen LogP contribution in [0.3, 0.4) is 0 Å². The highest BCUT2D eigenvalue weighted by molar-refractivity contribution is 5.55. The Labute approximate surface area is 97.2 Å². The van der Waals surface area contributed by atoms with Crippen LogP contribution in [0, 0.1) is 5.92 Å². The molecule has 0 amide bonds. The minimum Gasteiger partial charge on any atom is -0.399 e. The quantitative estimate of drug-likeness (QED) is 0.589. The molecule has 0 bridgehead atoms. The maximum atomic E-state index is 5.74. The van der Waals surface area contributed by atoms with Gasteiger partial charge in [0.2, 0.25) is 0 Å². The third-order valence-corrected chi connectivity index (χ3v) is 2.93. The zero-order chi connectivity index (χ0) is 11.4. The van der Waals surface area contributed by atoms with Gasteiger partial charge in [0.05, 0.1) is 6.61 Å². The van der Waals surface area contributed by atoms with Crippen molar-refractivity contribution in [1.82, 2.24) is 0 Å². The van der Waals surface area contributed by atoms with Gasteiger partial charge in [-0.05, 0) is 37.0 Å². The fourth-order valence-corrected chi connectivity index (χ4v) is 1.63. The molecule has 3 nitrogen and oxygen atoms in total. The molecular formula is C13H20N2O. The van der Waals surface area contributed by atoms with Crippen molar-refractivity contribution < 1.29 is 4.74 Å². The van der Waals surface area contributed by atoms with E-state index in [1.54, 1.807) is 0 Å². The van der Waals surface area contributed by atoms with Crippen LogP contribution < -0.4 is 10.6 Å². The zero-order valence-electron chi connectivity index (χ0n) is 9.86. The first-order valence-electron chi connectivity index (χ1n) is 5.90. The first-order chi connectivity index (χ1) is 7.75. The Balaban J connectivity index is 1.71. The summed E-state index contributed by atoms with van der Waals surface area (Å²) in [5, 5.41) is 0. The Morgan fingerprint density at radius 3 is 2.94 bits per heavy atom. The smallest absolute Gasteiger partial charge is 0.0641 e. The molecule has 0 aromatic heterocycles. The Morgan fingerprint density at radius 1 is 1.44 bits per heavy atom. The first kappa shape index (κ1) is 11.3. The van der Waals surface area contributed by atoms with Gasteiger partial charge >= 0.3 is 0 Å². The van der Waals surface area contributed by atoms with Crippen LogP contribution in [0.1, 0.15) is 12.8 Å². The number of nitrogen functional groups attached to an aromatic ring is 1. The van der Waals surface area contributed by atoms with Crippen molar-refractivity contribution in [3.8, 4) is 0 Å². The average molecular weight is 220 g/mol. The summed E-state index contributed by atoms with van der Waals surface area (Å²) < 4.78 is 5.61. The predicted molar refractivity (Wildman–Crippen MR) is 67.7 cm³/mol. The number of likely N-dealkylation sites (N-methyl/N-ethyl adjacent to an activating group) is 1. The standard InChI is InChI=1S/C13H20N2O/c1-15(7-8-16-10-11-5-6-11)13-4-2-3-12(14)9-13/h2-4,9,11H,5-8,10,14H2,1H3. The van der Waals surface area contributed by atoms with Gasteiger partial charge in [-0.1, -0.05) is 6.07 Å². The maximum Gasteiger partial charge on any atom is 0.0641 e. The van der Waals surface area contributed by atoms with E-state index in [0.717, 1.165) is 37.1 Å². The molecule has 1 aliphatic carbocycles. The third kappa shape index (κ3) is 3.42. The van der Waals surface area contributed by atoms with Crippen LogP contribution in [0.2, 0.25) is 0 Å². The number of hydrogen-bond acceptors (Lipinski definition) is 3. The molecule has 3 heteroatoms. The van der Waals surface area contributed by atoms with Crippen LogP contribution in [0.15, 0.2) is 24.3 Å². The molecule has 1 fully saturated rings. The second-order valence-corrected chi connectivity index (χ2v) is 4.53. The monoisotopic (exact) mass is 220 g/mol. The van der Waals surface area contributed by atoms with Gasteiger partial charge in [-0.15, -0.1) is 0 Å². The van der Waals surface area contributed by atoms with Gasteiger partial charge in [0.15, 0.2) is 0 Å². The van der Waals surface area contributed by atoms with Gasteiger partial charge in [-0.3, -0.25) is 0 Å². The number of nitrogens with zero attached hydrogens (tertiary/aromatic N) is 1. The Morgan fingerprint density at radius 2 is 2.25 bits per heavy atom. The van der Waals surface area contributed by atoms with E-state index in [2.05, 4.69) is 18.0 Å². The lowest BCUT2D eigenvalue weighted by molar-refractivity contribution is 0.131. The molecule has 1 saturated carbocycles. The average Bonchev–Trinajstić information content (AvgIpc) is 3.08. The highest BCUT2D eigenvalue weighted by Crippen LogP contribution is 2.28. The molecule has 88 valence electrons. The van der Waals surface area contributed by atoms with Crippen LogP contribution in [0.4, 0.5) is 11.4 Å². The van der Waals surface area contributed by atoms with Crippen LogP contribution >= 0.6 is 0 Å². The summed E-state index contributed by atoms with van der Waals surface area (Å²) in [6, 6.07) is 7.94. The second-order valence-electron chi connectivity index (χ2n) is 4.53. The highest BCUT2D eigenvalue weighted by Gasteiger charge is 2.20. The number of anilines is 2. The van der Waals surface area contributed by atoms with E-state index in [9.17, 15) is 0 Å². The minimum atomic E-state index is 0.793. The molecule has 1 aliphatic rings. The van der Waals surface area contributed by atoms with Crippen molar-refractivity contribution in [3.05, 3.63) is 24.3 Å². The topological polar surface area (TPSA) is 38.5 Å². The molecule has 1 aromatic carbocycles. The summed E-state index contributed by atoms with van der Waals surface area (Å²) >= 11 is 0. The minimum absolute atomic E-state index is 0.793. The predicted octanol–water partition coefficient (Wildman–Crippen LogP) is 2.13. The van der Waals surface area contributed by atoms with Crippen LogP contribution in [0.25, 0.3) is 0 Å². The van der Waals surface area contributed by atoms with Gasteiger partial charge in [-0.25, -0.2) is 0 Å². The number of rotatable bonds is 6. The van der Waals surface area contributed by atoms with Gasteiger partial charge in [0.1, 0.15) is 0 Å². The lowest BCUT2D eigenvalue weighted by Gasteiger charge is -2.19. The molecule has 16 heavy (non-hydrogen) atoms. The van der Waals surface area contributed by atoms with Gasteiger partial charge < -0.3 is 15.4 Å². The summed E-state index contributed by atoms with van der Waals surface area (Å²) in [5.74, 6) is 0.845. The fourth-order valence-electron chi connectivity index (χ4n) is 1.63. The lowest BCUT2D eigenvalue weighted by Crippen LogP contribution is -2.22.